The molecule has 0 saturated carbocycles. The van der Waals surface area contributed by atoms with Gasteiger partial charge in [0.25, 0.3) is 5.91 Å². The number of hydrogen-bond acceptors (Lipinski definition) is 3. The van der Waals surface area contributed by atoms with E-state index in [-0.39, 0.29) is 25.1 Å². The van der Waals surface area contributed by atoms with Crippen LogP contribution in [0.2, 0.25) is 0 Å². The van der Waals surface area contributed by atoms with Gasteiger partial charge in [-0.3, -0.25) is 4.79 Å². The van der Waals surface area contributed by atoms with Gasteiger partial charge in [0.05, 0.1) is 30.5 Å². The number of rotatable bonds is 3. The van der Waals surface area contributed by atoms with Gasteiger partial charge in [0.2, 0.25) is 0 Å². The molecule has 0 spiro atoms. The summed E-state index contributed by atoms with van der Waals surface area (Å²) in [5.74, 6) is -0.139. The van der Waals surface area contributed by atoms with Gasteiger partial charge in [0.15, 0.2) is 0 Å². The van der Waals surface area contributed by atoms with Crippen molar-refractivity contribution in [1.82, 2.24) is 15.5 Å². The molecule has 0 fully saturated rings. The van der Waals surface area contributed by atoms with Crippen molar-refractivity contribution in [3.8, 4) is 0 Å². The molecule has 1 aromatic carbocycles. The summed E-state index contributed by atoms with van der Waals surface area (Å²) in [6.45, 7) is 2.46. The molecule has 0 aromatic heterocycles. The van der Waals surface area contributed by atoms with Crippen LogP contribution in [0.25, 0.3) is 0 Å². The third kappa shape index (κ3) is 2.27. The summed E-state index contributed by atoms with van der Waals surface area (Å²) in [6, 6.07) is 6.94. The minimum atomic E-state index is -0.439. The molecule has 0 saturated heterocycles. The van der Waals surface area contributed by atoms with Gasteiger partial charge in [0.1, 0.15) is 0 Å². The molecule has 1 atom stereocenters. The highest BCUT2D eigenvalue weighted by Crippen LogP contribution is 2.33. The van der Waals surface area contributed by atoms with Gasteiger partial charge in [-0.25, -0.2) is 4.79 Å². The van der Waals surface area contributed by atoms with E-state index >= 15 is 0 Å². The number of amides is 3. The molecule has 2 aliphatic rings. The van der Waals surface area contributed by atoms with E-state index < -0.39 is 6.04 Å². The summed E-state index contributed by atoms with van der Waals surface area (Å²) >= 11 is 0. The van der Waals surface area contributed by atoms with Crippen LogP contribution in [0.4, 0.5) is 4.79 Å². The normalized spacial score (nSPS) is 21.2. The number of carbonyl (C=O) groups excluding carboxylic acids is 2. The van der Waals surface area contributed by atoms with E-state index in [1.54, 1.807) is 4.90 Å². The Bertz CT molecular complexity index is 639. The molecule has 2 heterocycles. The maximum atomic E-state index is 12.5. The first kappa shape index (κ1) is 13.6. The predicted octanol–water partition coefficient (Wildman–Crippen LogP) is 0.438. The van der Waals surface area contributed by atoms with Crippen LogP contribution in [0.15, 0.2) is 35.5 Å². The minimum Gasteiger partial charge on any atom is -0.395 e. The molecule has 21 heavy (non-hydrogen) atoms. The fourth-order valence-electron chi connectivity index (χ4n) is 2.87. The number of aliphatic hydroxyl groups is 1. The molecule has 3 amide bonds. The highest BCUT2D eigenvalue weighted by molar-refractivity contribution is 6.01. The first-order chi connectivity index (χ1) is 10.1. The monoisotopic (exact) mass is 287 g/mol. The average Bonchev–Trinajstić information content (AvgIpc) is 2.75. The zero-order valence-electron chi connectivity index (χ0n) is 11.7. The number of benzene rings is 1. The lowest BCUT2D eigenvalue weighted by Gasteiger charge is -2.26. The molecule has 1 aromatic rings. The first-order valence-corrected chi connectivity index (χ1v) is 6.88. The van der Waals surface area contributed by atoms with Gasteiger partial charge in [-0.1, -0.05) is 24.3 Å². The number of aliphatic hydroxyl groups excluding tert-OH is 1. The van der Waals surface area contributed by atoms with Gasteiger partial charge in [0, 0.05) is 6.54 Å². The van der Waals surface area contributed by atoms with Crippen LogP contribution in [0.5, 0.6) is 0 Å². The third-order valence-corrected chi connectivity index (χ3v) is 3.89. The number of nitrogens with one attached hydrogen (secondary N) is 2. The van der Waals surface area contributed by atoms with E-state index in [1.807, 2.05) is 31.2 Å². The lowest BCUT2D eigenvalue weighted by Crippen LogP contribution is -2.44. The summed E-state index contributed by atoms with van der Waals surface area (Å²) in [5.41, 5.74) is 3.13. The lowest BCUT2D eigenvalue weighted by atomic mass is 9.93. The van der Waals surface area contributed by atoms with Gasteiger partial charge < -0.3 is 20.6 Å². The van der Waals surface area contributed by atoms with Crippen LogP contribution >= 0.6 is 0 Å². The Morgan fingerprint density at radius 2 is 2.10 bits per heavy atom. The Morgan fingerprint density at radius 3 is 2.81 bits per heavy atom. The van der Waals surface area contributed by atoms with Crippen molar-refractivity contribution in [2.24, 2.45) is 0 Å². The van der Waals surface area contributed by atoms with E-state index in [2.05, 4.69) is 10.6 Å². The van der Waals surface area contributed by atoms with Gasteiger partial charge >= 0.3 is 6.03 Å². The smallest absolute Gasteiger partial charge is 0.319 e. The second-order valence-electron chi connectivity index (χ2n) is 5.23. The summed E-state index contributed by atoms with van der Waals surface area (Å²) in [6.07, 6.45) is 0. The van der Waals surface area contributed by atoms with Crippen molar-refractivity contribution in [2.75, 3.05) is 19.7 Å². The van der Waals surface area contributed by atoms with Crippen molar-refractivity contribution in [3.63, 3.8) is 0 Å². The standard InChI is InChI=1S/C15H17N3O3/c1-9-4-2-3-5-10(9)13-12-11(16-15(21)17-13)8-18(6-7-19)14(12)20/h2-5,13,19H,6-8H2,1H3,(H2,16,17,21)/t13-/m1/s1. The highest BCUT2D eigenvalue weighted by Gasteiger charge is 2.40. The Hall–Kier alpha value is -2.34. The Kier molecular flexibility index (Phi) is 3.39. The molecule has 110 valence electrons. The predicted molar refractivity (Wildman–Crippen MR) is 76.3 cm³/mol. The van der Waals surface area contributed by atoms with Crippen LogP contribution in [0.1, 0.15) is 17.2 Å². The maximum absolute atomic E-state index is 12.5. The number of urea groups is 1. The average molecular weight is 287 g/mol. The molecule has 3 N–H and O–H groups in total. The second-order valence-corrected chi connectivity index (χ2v) is 5.23. The fourth-order valence-corrected chi connectivity index (χ4v) is 2.87. The lowest BCUT2D eigenvalue weighted by molar-refractivity contribution is -0.126. The molecule has 0 bridgehead atoms. The number of aryl methyl sites for hydroxylation is 1. The quantitative estimate of drug-likeness (QED) is 0.754. The Labute approximate surface area is 122 Å². The largest absolute Gasteiger partial charge is 0.395 e. The van der Waals surface area contributed by atoms with Crippen LogP contribution in [0.3, 0.4) is 0 Å². The molecule has 6 heteroatoms. The van der Waals surface area contributed by atoms with Crippen molar-refractivity contribution in [1.29, 1.82) is 0 Å². The molecule has 3 rings (SSSR count). The van der Waals surface area contributed by atoms with Gasteiger partial charge in [-0.05, 0) is 18.1 Å². The highest BCUT2D eigenvalue weighted by atomic mass is 16.3. The van der Waals surface area contributed by atoms with E-state index in [0.29, 0.717) is 17.8 Å². The van der Waals surface area contributed by atoms with Crippen molar-refractivity contribution >= 4 is 11.9 Å². The number of carbonyl (C=O) groups is 2. The Morgan fingerprint density at radius 1 is 1.33 bits per heavy atom. The molecule has 0 radical (unpaired) electrons. The van der Waals surface area contributed by atoms with E-state index in [0.717, 1.165) is 11.1 Å². The first-order valence-electron chi connectivity index (χ1n) is 6.88. The zero-order chi connectivity index (χ0) is 15.0. The second kappa shape index (κ2) is 5.21. The number of hydrogen-bond donors (Lipinski definition) is 3. The van der Waals surface area contributed by atoms with Crippen LogP contribution in [-0.4, -0.2) is 41.6 Å². The molecule has 2 aliphatic heterocycles. The maximum Gasteiger partial charge on any atom is 0.319 e. The summed E-state index contributed by atoms with van der Waals surface area (Å²) in [5, 5.41) is 14.6. The third-order valence-electron chi connectivity index (χ3n) is 3.89. The number of β-amino-alcohol motifs (C(OH)–C–C–N with tert-alkyl or cyclic N) is 1. The fraction of sp³-hybridized carbons (Fsp3) is 0.333. The van der Waals surface area contributed by atoms with Crippen LogP contribution < -0.4 is 10.6 Å². The van der Waals surface area contributed by atoms with Crippen molar-refractivity contribution in [2.45, 2.75) is 13.0 Å². The van der Waals surface area contributed by atoms with Gasteiger partial charge in [-0.2, -0.15) is 0 Å². The van der Waals surface area contributed by atoms with E-state index in [9.17, 15) is 9.59 Å². The van der Waals surface area contributed by atoms with Crippen LogP contribution in [-0.2, 0) is 4.79 Å². The molecule has 6 nitrogen and oxygen atoms in total. The summed E-state index contributed by atoms with van der Waals surface area (Å²) < 4.78 is 0. The summed E-state index contributed by atoms with van der Waals surface area (Å²) in [7, 11) is 0. The van der Waals surface area contributed by atoms with E-state index in [4.69, 9.17) is 5.11 Å². The van der Waals surface area contributed by atoms with Crippen LogP contribution in [0, 0.1) is 6.92 Å². The molecular formula is C15H17N3O3. The van der Waals surface area contributed by atoms with Gasteiger partial charge in [-0.15, -0.1) is 0 Å². The zero-order valence-corrected chi connectivity index (χ0v) is 11.7. The summed E-state index contributed by atoms with van der Waals surface area (Å²) in [4.78, 5) is 25.9. The van der Waals surface area contributed by atoms with Crippen molar-refractivity contribution in [3.05, 3.63) is 46.7 Å². The molecule has 0 aliphatic carbocycles. The van der Waals surface area contributed by atoms with Crippen molar-refractivity contribution < 1.29 is 14.7 Å². The number of nitrogens with zero attached hydrogens (tertiary/aromatic N) is 1. The Balaban J connectivity index is 2.01. The molecular weight excluding hydrogens is 270 g/mol. The topological polar surface area (TPSA) is 81.7 Å². The van der Waals surface area contributed by atoms with E-state index in [1.165, 1.54) is 0 Å². The minimum absolute atomic E-state index is 0.0945. The SMILES string of the molecule is Cc1ccccc1[C@H]1NC(=O)NC2=C1C(=O)N(CCO)C2. The molecule has 0 unspecified atom stereocenters.